The predicted molar refractivity (Wildman–Crippen MR) is 62.1 cm³/mol. The summed E-state index contributed by atoms with van der Waals surface area (Å²) in [5.74, 6) is -0.887. The number of nitrogens with two attached hydrogens (primary N) is 1. The van der Waals surface area contributed by atoms with E-state index in [9.17, 15) is 9.59 Å². The van der Waals surface area contributed by atoms with Gasteiger partial charge in [-0.2, -0.15) is 0 Å². The summed E-state index contributed by atoms with van der Waals surface area (Å²) in [4.78, 5) is 22.4. The molecule has 1 amide bonds. The molecular weight excluding hydrogens is 220 g/mol. The van der Waals surface area contributed by atoms with Crippen molar-refractivity contribution in [3.8, 4) is 0 Å². The lowest BCUT2D eigenvalue weighted by Crippen LogP contribution is -2.37. The Balaban J connectivity index is 1.72. The Morgan fingerprint density at radius 3 is 2.65 bits per heavy atom. The molecule has 17 heavy (non-hydrogen) atoms. The lowest BCUT2D eigenvalue weighted by molar-refractivity contribution is -0.140. The van der Waals surface area contributed by atoms with E-state index in [0.717, 1.165) is 12.8 Å². The van der Waals surface area contributed by atoms with Crippen molar-refractivity contribution in [2.45, 2.75) is 37.8 Å². The van der Waals surface area contributed by atoms with Crippen molar-refractivity contribution in [1.82, 2.24) is 5.32 Å². The minimum atomic E-state index is -0.840. The fraction of sp³-hybridized carbons (Fsp3) is 0.667. The van der Waals surface area contributed by atoms with Gasteiger partial charge in [-0.1, -0.05) is 12.2 Å². The number of rotatable bonds is 5. The zero-order valence-electron chi connectivity index (χ0n) is 9.63. The Labute approximate surface area is 100 Å². The molecule has 1 fully saturated rings. The first-order valence-corrected chi connectivity index (χ1v) is 6.02. The molecule has 0 heterocycles. The average molecular weight is 238 g/mol. The van der Waals surface area contributed by atoms with E-state index >= 15 is 0 Å². The molecule has 1 saturated carbocycles. The maximum atomic E-state index is 11.6. The van der Waals surface area contributed by atoms with E-state index in [1.807, 2.05) is 0 Å². The summed E-state index contributed by atoms with van der Waals surface area (Å²) in [6.45, 7) is 0. The fourth-order valence-electron chi connectivity index (χ4n) is 2.16. The molecular formula is C12H18N2O3. The molecule has 0 aliphatic heterocycles. The Morgan fingerprint density at radius 1 is 1.41 bits per heavy atom. The number of hydrogen-bond acceptors (Lipinski definition) is 3. The second-order valence-corrected chi connectivity index (χ2v) is 4.94. The van der Waals surface area contributed by atoms with Gasteiger partial charge in [0, 0.05) is 18.5 Å². The van der Waals surface area contributed by atoms with E-state index in [4.69, 9.17) is 10.8 Å². The number of carbonyl (C=O) groups excluding carboxylic acids is 1. The van der Waals surface area contributed by atoms with Crippen molar-refractivity contribution in [3.63, 3.8) is 0 Å². The van der Waals surface area contributed by atoms with Gasteiger partial charge >= 0.3 is 5.97 Å². The van der Waals surface area contributed by atoms with Crippen LogP contribution in [0.4, 0.5) is 0 Å². The third kappa shape index (κ3) is 3.30. The van der Waals surface area contributed by atoms with Gasteiger partial charge in [-0.05, 0) is 25.2 Å². The summed E-state index contributed by atoms with van der Waals surface area (Å²) in [7, 11) is 0. The predicted octanol–water partition coefficient (Wildman–Crippen LogP) is 0.259. The molecule has 0 radical (unpaired) electrons. The Bertz CT molecular complexity index is 350. The van der Waals surface area contributed by atoms with Crippen LogP contribution in [-0.4, -0.2) is 29.1 Å². The van der Waals surface area contributed by atoms with Crippen molar-refractivity contribution in [3.05, 3.63) is 12.2 Å². The van der Waals surface area contributed by atoms with Crippen LogP contribution in [0.3, 0.4) is 0 Å². The highest BCUT2D eigenvalue weighted by molar-refractivity contribution is 5.78. The summed E-state index contributed by atoms with van der Waals surface area (Å²) < 4.78 is 0. The topological polar surface area (TPSA) is 92.4 Å². The summed E-state index contributed by atoms with van der Waals surface area (Å²) in [5.41, 5.74) is 5.86. The molecule has 0 saturated heterocycles. The molecule has 2 aliphatic rings. The van der Waals surface area contributed by atoms with Crippen molar-refractivity contribution >= 4 is 11.9 Å². The third-order valence-corrected chi connectivity index (χ3v) is 3.40. The van der Waals surface area contributed by atoms with E-state index in [0.29, 0.717) is 18.8 Å². The number of amides is 1. The zero-order valence-corrected chi connectivity index (χ0v) is 9.63. The number of hydrogen-bond donors (Lipinski definition) is 3. The molecule has 3 unspecified atom stereocenters. The third-order valence-electron chi connectivity index (χ3n) is 3.40. The molecule has 5 nitrogen and oxygen atoms in total. The second kappa shape index (κ2) is 4.87. The maximum Gasteiger partial charge on any atom is 0.310 e. The molecule has 0 bridgehead atoms. The van der Waals surface area contributed by atoms with Crippen LogP contribution in [0.25, 0.3) is 0 Å². The first-order valence-electron chi connectivity index (χ1n) is 6.02. The van der Waals surface area contributed by atoms with Crippen LogP contribution in [0, 0.1) is 11.8 Å². The lowest BCUT2D eigenvalue weighted by atomic mass is 10.1. The van der Waals surface area contributed by atoms with Crippen LogP contribution in [0.1, 0.15) is 25.7 Å². The number of nitrogens with one attached hydrogen (secondary N) is 1. The molecule has 2 aliphatic carbocycles. The summed E-state index contributed by atoms with van der Waals surface area (Å²) in [6, 6.07) is -0.203. The second-order valence-electron chi connectivity index (χ2n) is 4.94. The van der Waals surface area contributed by atoms with E-state index < -0.39 is 11.9 Å². The zero-order chi connectivity index (χ0) is 12.4. The average Bonchev–Trinajstić information content (AvgIpc) is 2.99. The van der Waals surface area contributed by atoms with Crippen molar-refractivity contribution < 1.29 is 14.7 Å². The van der Waals surface area contributed by atoms with Crippen molar-refractivity contribution in [1.29, 1.82) is 0 Å². The van der Waals surface area contributed by atoms with Crippen LogP contribution in [0.5, 0.6) is 0 Å². The molecule has 94 valence electrons. The smallest absolute Gasteiger partial charge is 0.310 e. The summed E-state index contributed by atoms with van der Waals surface area (Å²) >= 11 is 0. The number of aliphatic carboxylic acids is 1. The van der Waals surface area contributed by atoms with Gasteiger partial charge in [0.25, 0.3) is 0 Å². The minimum absolute atomic E-state index is 0.0457. The summed E-state index contributed by atoms with van der Waals surface area (Å²) in [5, 5.41) is 11.6. The Kier molecular flexibility index (Phi) is 3.47. The van der Waals surface area contributed by atoms with E-state index in [1.54, 1.807) is 12.2 Å². The maximum absolute atomic E-state index is 11.6. The van der Waals surface area contributed by atoms with E-state index in [-0.39, 0.29) is 18.0 Å². The Morgan fingerprint density at radius 2 is 2.12 bits per heavy atom. The van der Waals surface area contributed by atoms with Crippen molar-refractivity contribution in [2.24, 2.45) is 17.6 Å². The number of carboxylic acids is 1. The molecule has 2 rings (SSSR count). The molecule has 0 aromatic heterocycles. The Hall–Kier alpha value is -1.36. The van der Waals surface area contributed by atoms with Crippen LogP contribution in [0.2, 0.25) is 0 Å². The van der Waals surface area contributed by atoms with Gasteiger partial charge in [-0.3, -0.25) is 9.59 Å². The van der Waals surface area contributed by atoms with Gasteiger partial charge in [-0.25, -0.2) is 0 Å². The number of carbonyl (C=O) groups is 2. The highest BCUT2D eigenvalue weighted by Gasteiger charge is 2.31. The van der Waals surface area contributed by atoms with Crippen molar-refractivity contribution in [2.75, 3.05) is 0 Å². The van der Waals surface area contributed by atoms with Crippen LogP contribution >= 0.6 is 0 Å². The highest BCUT2D eigenvalue weighted by atomic mass is 16.4. The minimum Gasteiger partial charge on any atom is -0.481 e. The van der Waals surface area contributed by atoms with Gasteiger partial charge in [0.05, 0.1) is 5.92 Å². The molecule has 0 aromatic carbocycles. The molecule has 5 heteroatoms. The number of carboxylic acid groups (broad SMARTS) is 1. The van der Waals surface area contributed by atoms with Crippen LogP contribution < -0.4 is 11.1 Å². The fourth-order valence-corrected chi connectivity index (χ4v) is 2.16. The molecule has 3 atom stereocenters. The van der Waals surface area contributed by atoms with Crippen LogP contribution in [0.15, 0.2) is 12.2 Å². The van der Waals surface area contributed by atoms with E-state index in [2.05, 4.69) is 5.32 Å². The summed E-state index contributed by atoms with van der Waals surface area (Å²) in [6.07, 6.45) is 6.41. The molecule has 0 aromatic rings. The van der Waals surface area contributed by atoms with Gasteiger partial charge in [0.15, 0.2) is 0 Å². The quantitative estimate of drug-likeness (QED) is 0.599. The standard InChI is InChI=1S/C12H18N2O3/c13-10(7-1-2-7)6-11(15)14-9-4-3-8(5-9)12(16)17/h3-4,7-10H,1-2,5-6,13H2,(H,14,15)(H,16,17). The van der Waals surface area contributed by atoms with Gasteiger partial charge in [0.2, 0.25) is 5.91 Å². The first-order chi connectivity index (χ1) is 8.06. The van der Waals surface area contributed by atoms with Gasteiger partial charge in [-0.15, -0.1) is 0 Å². The first kappa shape index (κ1) is 12.1. The lowest BCUT2D eigenvalue weighted by Gasteiger charge is -2.14. The molecule has 4 N–H and O–H groups in total. The molecule has 0 spiro atoms. The highest BCUT2D eigenvalue weighted by Crippen LogP contribution is 2.32. The van der Waals surface area contributed by atoms with Gasteiger partial charge < -0.3 is 16.2 Å². The largest absolute Gasteiger partial charge is 0.481 e. The monoisotopic (exact) mass is 238 g/mol. The van der Waals surface area contributed by atoms with Gasteiger partial charge in [0.1, 0.15) is 0 Å². The SMILES string of the molecule is NC(CC(=O)NC1C=CC(C(=O)O)C1)C1CC1. The van der Waals surface area contributed by atoms with Crippen LogP contribution in [-0.2, 0) is 9.59 Å². The van der Waals surface area contributed by atoms with E-state index in [1.165, 1.54) is 0 Å². The normalized spacial score (nSPS) is 29.0.